The number of hydrogen-bond acceptors (Lipinski definition) is 2. The number of ether oxygens (including phenoxy) is 1. The first-order valence-corrected chi connectivity index (χ1v) is 4.37. The molecule has 0 saturated carbocycles. The number of halogens is 3. The quantitative estimate of drug-likeness (QED) is 0.864. The molecule has 2 N–H and O–H groups in total. The number of primary amides is 1. The van der Waals surface area contributed by atoms with Crippen molar-refractivity contribution in [2.24, 2.45) is 5.73 Å². The van der Waals surface area contributed by atoms with E-state index in [0.717, 1.165) is 6.07 Å². The zero-order valence-electron chi connectivity index (χ0n) is 8.47. The first-order chi connectivity index (χ1) is 7.34. The molecule has 0 atom stereocenters. The topological polar surface area (TPSA) is 52.3 Å². The van der Waals surface area contributed by atoms with E-state index < -0.39 is 24.1 Å². The van der Waals surface area contributed by atoms with Gasteiger partial charge >= 0.3 is 6.18 Å². The Morgan fingerprint density at radius 1 is 1.44 bits per heavy atom. The molecule has 3 nitrogen and oxygen atoms in total. The molecule has 1 rings (SSSR count). The Bertz CT molecular complexity index is 402. The lowest BCUT2D eigenvalue weighted by atomic mass is 10.0. The Balaban J connectivity index is 3.22. The molecule has 16 heavy (non-hydrogen) atoms. The van der Waals surface area contributed by atoms with Gasteiger partial charge in [-0.2, -0.15) is 13.2 Å². The highest BCUT2D eigenvalue weighted by Gasteiger charge is 2.34. The van der Waals surface area contributed by atoms with E-state index in [0.29, 0.717) is 0 Å². The summed E-state index contributed by atoms with van der Waals surface area (Å²) in [4.78, 5) is 10.6. The predicted molar refractivity (Wildman–Crippen MR) is 50.9 cm³/mol. The average Bonchev–Trinajstić information content (AvgIpc) is 2.15. The van der Waals surface area contributed by atoms with Gasteiger partial charge in [0.1, 0.15) is 5.75 Å². The van der Waals surface area contributed by atoms with Crippen LogP contribution in [0.2, 0.25) is 0 Å². The summed E-state index contributed by atoms with van der Waals surface area (Å²) in [6, 6.07) is 3.39. The second-order valence-corrected chi connectivity index (χ2v) is 3.16. The van der Waals surface area contributed by atoms with Crippen molar-refractivity contribution in [3.05, 3.63) is 29.3 Å². The van der Waals surface area contributed by atoms with Gasteiger partial charge in [-0.05, 0) is 17.7 Å². The molecule has 0 aliphatic carbocycles. The van der Waals surface area contributed by atoms with Crippen molar-refractivity contribution in [3.63, 3.8) is 0 Å². The van der Waals surface area contributed by atoms with Crippen LogP contribution in [0.15, 0.2) is 18.2 Å². The van der Waals surface area contributed by atoms with Crippen molar-refractivity contribution >= 4 is 5.91 Å². The third-order valence-corrected chi connectivity index (χ3v) is 1.99. The number of carbonyl (C=O) groups excluding carboxylic acids is 1. The molecule has 88 valence electrons. The molecule has 1 aromatic carbocycles. The van der Waals surface area contributed by atoms with Gasteiger partial charge in [-0.3, -0.25) is 4.79 Å². The third kappa shape index (κ3) is 2.88. The van der Waals surface area contributed by atoms with Gasteiger partial charge in [-0.15, -0.1) is 0 Å². The van der Waals surface area contributed by atoms with Gasteiger partial charge in [0, 0.05) is 0 Å². The van der Waals surface area contributed by atoms with Crippen LogP contribution in [-0.2, 0) is 17.4 Å². The van der Waals surface area contributed by atoms with Crippen LogP contribution in [0.25, 0.3) is 0 Å². The summed E-state index contributed by atoms with van der Waals surface area (Å²) < 4.78 is 42.5. The number of methoxy groups -OCH3 is 1. The van der Waals surface area contributed by atoms with Gasteiger partial charge in [0.05, 0.1) is 19.1 Å². The van der Waals surface area contributed by atoms with Gasteiger partial charge in [-0.25, -0.2) is 0 Å². The highest BCUT2D eigenvalue weighted by atomic mass is 19.4. The fourth-order valence-corrected chi connectivity index (χ4v) is 1.29. The van der Waals surface area contributed by atoms with Crippen molar-refractivity contribution in [1.82, 2.24) is 0 Å². The van der Waals surface area contributed by atoms with Crippen molar-refractivity contribution in [3.8, 4) is 5.75 Å². The summed E-state index contributed by atoms with van der Waals surface area (Å²) in [5, 5.41) is 0. The van der Waals surface area contributed by atoms with E-state index in [4.69, 9.17) is 10.5 Å². The van der Waals surface area contributed by atoms with Crippen LogP contribution < -0.4 is 10.5 Å². The van der Waals surface area contributed by atoms with E-state index in [-0.39, 0.29) is 11.3 Å². The molecule has 0 saturated heterocycles. The molecule has 6 heteroatoms. The predicted octanol–water partition coefficient (Wildman–Crippen LogP) is 1.74. The van der Waals surface area contributed by atoms with Crippen LogP contribution in [0.1, 0.15) is 11.1 Å². The Hall–Kier alpha value is -1.72. The number of nitrogens with two attached hydrogens (primary N) is 1. The van der Waals surface area contributed by atoms with E-state index in [1.807, 2.05) is 0 Å². The highest BCUT2D eigenvalue weighted by molar-refractivity contribution is 5.77. The molecule has 0 radical (unpaired) electrons. The number of rotatable bonds is 3. The summed E-state index contributed by atoms with van der Waals surface area (Å²) in [7, 11) is 1.27. The van der Waals surface area contributed by atoms with Crippen molar-refractivity contribution < 1.29 is 22.7 Å². The normalized spacial score (nSPS) is 11.2. The van der Waals surface area contributed by atoms with Gasteiger partial charge in [0.2, 0.25) is 5.91 Å². The van der Waals surface area contributed by atoms with Crippen molar-refractivity contribution in [1.29, 1.82) is 0 Å². The SMILES string of the molecule is COc1ccc(CC(N)=O)c(C(F)(F)F)c1. The average molecular weight is 233 g/mol. The molecule has 0 bridgehead atoms. The second-order valence-electron chi connectivity index (χ2n) is 3.16. The molecule has 0 heterocycles. The van der Waals surface area contributed by atoms with E-state index in [1.54, 1.807) is 0 Å². The number of carbonyl (C=O) groups is 1. The highest BCUT2D eigenvalue weighted by Crippen LogP contribution is 2.34. The molecule has 0 aliphatic heterocycles. The minimum absolute atomic E-state index is 0.0838. The molecule has 0 aliphatic rings. The fourth-order valence-electron chi connectivity index (χ4n) is 1.29. The van der Waals surface area contributed by atoms with E-state index in [1.165, 1.54) is 19.2 Å². The monoisotopic (exact) mass is 233 g/mol. The lowest BCUT2D eigenvalue weighted by molar-refractivity contribution is -0.138. The van der Waals surface area contributed by atoms with Gasteiger partial charge < -0.3 is 10.5 Å². The van der Waals surface area contributed by atoms with E-state index in [9.17, 15) is 18.0 Å². The molecule has 0 unspecified atom stereocenters. The van der Waals surface area contributed by atoms with Gasteiger partial charge in [0.15, 0.2) is 0 Å². The second kappa shape index (κ2) is 4.42. The Kier molecular flexibility index (Phi) is 3.41. The zero-order valence-corrected chi connectivity index (χ0v) is 8.47. The lowest BCUT2D eigenvalue weighted by Crippen LogP contribution is -2.17. The number of amides is 1. The summed E-state index contributed by atoms with van der Waals surface area (Å²) in [6.07, 6.45) is -4.97. The Morgan fingerprint density at radius 3 is 2.50 bits per heavy atom. The Labute approximate surface area is 90.0 Å². The first-order valence-electron chi connectivity index (χ1n) is 4.37. The largest absolute Gasteiger partial charge is 0.497 e. The lowest BCUT2D eigenvalue weighted by Gasteiger charge is -2.13. The maximum atomic E-state index is 12.6. The van der Waals surface area contributed by atoms with Crippen molar-refractivity contribution in [2.45, 2.75) is 12.6 Å². The van der Waals surface area contributed by atoms with Crippen LogP contribution >= 0.6 is 0 Å². The zero-order chi connectivity index (χ0) is 12.3. The number of hydrogen-bond donors (Lipinski definition) is 1. The molecule has 0 aromatic heterocycles. The fraction of sp³-hybridized carbons (Fsp3) is 0.300. The van der Waals surface area contributed by atoms with Crippen LogP contribution in [0.3, 0.4) is 0 Å². The van der Waals surface area contributed by atoms with Gasteiger partial charge in [0.25, 0.3) is 0 Å². The molecule has 0 fully saturated rings. The summed E-state index contributed by atoms with van der Waals surface area (Å²) in [5.41, 5.74) is 3.82. The maximum Gasteiger partial charge on any atom is 0.416 e. The molecular formula is C10H10F3NO2. The molecule has 1 amide bonds. The first kappa shape index (κ1) is 12.4. The third-order valence-electron chi connectivity index (χ3n) is 1.99. The summed E-state index contributed by atoms with van der Waals surface area (Å²) in [5.74, 6) is -0.726. The minimum atomic E-state index is -4.53. The van der Waals surface area contributed by atoms with Crippen LogP contribution in [0, 0.1) is 0 Å². The minimum Gasteiger partial charge on any atom is -0.497 e. The van der Waals surface area contributed by atoms with Crippen LogP contribution in [0.4, 0.5) is 13.2 Å². The van der Waals surface area contributed by atoms with Crippen LogP contribution in [-0.4, -0.2) is 13.0 Å². The molecule has 0 spiro atoms. The summed E-state index contributed by atoms with van der Waals surface area (Å²) >= 11 is 0. The van der Waals surface area contributed by atoms with Crippen molar-refractivity contribution in [2.75, 3.05) is 7.11 Å². The standard InChI is InChI=1S/C10H10F3NO2/c1-16-7-3-2-6(4-9(14)15)8(5-7)10(11,12)13/h2-3,5H,4H2,1H3,(H2,14,15). The van der Waals surface area contributed by atoms with Gasteiger partial charge in [-0.1, -0.05) is 6.07 Å². The van der Waals surface area contributed by atoms with Crippen LogP contribution in [0.5, 0.6) is 5.75 Å². The molecular weight excluding hydrogens is 223 g/mol. The maximum absolute atomic E-state index is 12.6. The van der Waals surface area contributed by atoms with E-state index >= 15 is 0 Å². The smallest absolute Gasteiger partial charge is 0.416 e. The van der Waals surface area contributed by atoms with E-state index in [2.05, 4.69) is 0 Å². The Morgan fingerprint density at radius 2 is 2.06 bits per heavy atom. The number of benzene rings is 1. The number of alkyl halides is 3. The molecule has 1 aromatic rings. The summed E-state index contributed by atoms with van der Waals surface area (Å²) in [6.45, 7) is 0.